The Balaban J connectivity index is 0.000000225. The zero-order valence-electron chi connectivity index (χ0n) is 17.2. The van der Waals surface area contributed by atoms with Gasteiger partial charge in [0, 0.05) is 22.7 Å². The molecule has 0 bridgehead atoms. The van der Waals surface area contributed by atoms with Crippen LogP contribution in [0.25, 0.3) is 11.1 Å². The molecule has 1 amide bonds. The summed E-state index contributed by atoms with van der Waals surface area (Å²) < 4.78 is 0. The smallest absolute Gasteiger partial charge is 0.342 e. The first-order valence-electron chi connectivity index (χ1n) is 9.60. The Morgan fingerprint density at radius 2 is 1.74 bits per heavy atom. The van der Waals surface area contributed by atoms with Crippen LogP contribution in [0, 0.1) is 0 Å². The molecule has 0 aliphatic carbocycles. The van der Waals surface area contributed by atoms with E-state index in [-0.39, 0.29) is 17.2 Å². The maximum atomic E-state index is 11.0. The van der Waals surface area contributed by atoms with Gasteiger partial charge in [-0.05, 0) is 30.2 Å². The topological polar surface area (TPSA) is 148 Å². The Labute approximate surface area is 185 Å². The van der Waals surface area contributed by atoms with E-state index in [0.29, 0.717) is 23.2 Å². The molecule has 0 radical (unpaired) electrons. The summed E-state index contributed by atoms with van der Waals surface area (Å²) in [5.74, 6) is -0.663. The SMILES string of the molecule is CCC(=O)Nc1ccccc1C(=O)[O-].CCc1nc(N)[nH+]c(N)c1-c1ccc(Cl)cc1. The van der Waals surface area contributed by atoms with Gasteiger partial charge in [-0.3, -0.25) is 4.79 Å². The number of carboxylic acid groups (broad SMARTS) is 1. The number of nitrogens with two attached hydrogens (primary N) is 2. The van der Waals surface area contributed by atoms with Crippen LogP contribution in [-0.4, -0.2) is 16.9 Å². The van der Waals surface area contributed by atoms with Gasteiger partial charge in [-0.25, -0.2) is 4.98 Å². The van der Waals surface area contributed by atoms with Gasteiger partial charge in [0.1, 0.15) is 5.69 Å². The molecule has 0 saturated carbocycles. The van der Waals surface area contributed by atoms with Gasteiger partial charge < -0.3 is 26.7 Å². The molecular formula is C22H24ClN5O3. The van der Waals surface area contributed by atoms with Crippen molar-refractivity contribution in [3.05, 3.63) is 64.8 Å². The molecule has 162 valence electrons. The number of anilines is 3. The molecule has 0 spiro atoms. The normalized spacial score (nSPS) is 10.0. The number of rotatable bonds is 5. The van der Waals surface area contributed by atoms with E-state index >= 15 is 0 Å². The fourth-order valence-electron chi connectivity index (χ4n) is 2.79. The number of aromatic carboxylic acids is 1. The summed E-state index contributed by atoms with van der Waals surface area (Å²) in [4.78, 5) is 28.8. The van der Waals surface area contributed by atoms with Crippen molar-refractivity contribution in [2.45, 2.75) is 26.7 Å². The number of H-pyrrole nitrogens is 1. The summed E-state index contributed by atoms with van der Waals surface area (Å²) in [7, 11) is 0. The van der Waals surface area contributed by atoms with Crippen molar-refractivity contribution in [2.75, 3.05) is 16.8 Å². The molecule has 0 atom stereocenters. The molecule has 0 fully saturated rings. The summed E-state index contributed by atoms with van der Waals surface area (Å²) in [6.07, 6.45) is 1.07. The lowest BCUT2D eigenvalue weighted by atomic mass is 10.0. The number of halogens is 1. The van der Waals surface area contributed by atoms with Gasteiger partial charge in [-0.1, -0.05) is 55.8 Å². The average Bonchev–Trinajstić information content (AvgIpc) is 2.74. The molecule has 0 saturated heterocycles. The first kappa shape index (κ1) is 23.6. The number of nitrogens with zero attached hydrogens (tertiary/aromatic N) is 1. The van der Waals surface area contributed by atoms with Crippen LogP contribution in [0.4, 0.5) is 17.5 Å². The number of carboxylic acids is 1. The minimum atomic E-state index is -1.29. The Hall–Kier alpha value is -3.65. The molecular weight excluding hydrogens is 418 g/mol. The van der Waals surface area contributed by atoms with E-state index in [4.69, 9.17) is 23.1 Å². The number of amides is 1. The fourth-order valence-corrected chi connectivity index (χ4v) is 2.91. The molecule has 9 heteroatoms. The number of nitrogen functional groups attached to an aromatic ring is 2. The molecule has 0 aliphatic rings. The lowest BCUT2D eigenvalue weighted by molar-refractivity contribution is -0.346. The summed E-state index contributed by atoms with van der Waals surface area (Å²) >= 11 is 5.86. The third-order valence-electron chi connectivity index (χ3n) is 4.29. The monoisotopic (exact) mass is 441 g/mol. The number of hydrogen-bond donors (Lipinski definition) is 3. The van der Waals surface area contributed by atoms with Crippen LogP contribution in [0.5, 0.6) is 0 Å². The van der Waals surface area contributed by atoms with Gasteiger partial charge in [0.25, 0.3) is 0 Å². The minimum Gasteiger partial charge on any atom is -0.545 e. The Morgan fingerprint density at radius 3 is 2.32 bits per heavy atom. The number of aryl methyl sites for hydroxylation is 1. The predicted octanol–water partition coefficient (Wildman–Crippen LogP) is 2.34. The summed E-state index contributed by atoms with van der Waals surface area (Å²) in [5, 5.41) is 13.8. The summed E-state index contributed by atoms with van der Waals surface area (Å²) in [6, 6.07) is 13.6. The molecule has 8 nitrogen and oxygen atoms in total. The van der Waals surface area contributed by atoms with Crippen LogP contribution in [0.2, 0.25) is 5.02 Å². The van der Waals surface area contributed by atoms with Crippen LogP contribution in [0.1, 0.15) is 36.3 Å². The Morgan fingerprint density at radius 1 is 1.10 bits per heavy atom. The lowest BCUT2D eigenvalue weighted by Crippen LogP contribution is -2.24. The maximum absolute atomic E-state index is 11.0. The molecule has 1 heterocycles. The van der Waals surface area contributed by atoms with E-state index in [1.807, 2.05) is 31.2 Å². The molecule has 3 rings (SSSR count). The predicted molar refractivity (Wildman–Crippen MR) is 119 cm³/mol. The van der Waals surface area contributed by atoms with Crippen LogP contribution in [-0.2, 0) is 11.2 Å². The lowest BCUT2D eigenvalue weighted by Gasteiger charge is -2.10. The van der Waals surface area contributed by atoms with Crippen LogP contribution in [0.3, 0.4) is 0 Å². The number of carbonyl (C=O) groups excluding carboxylic acids is 2. The quantitative estimate of drug-likeness (QED) is 0.553. The van der Waals surface area contributed by atoms with Gasteiger partial charge >= 0.3 is 5.95 Å². The highest BCUT2D eigenvalue weighted by Gasteiger charge is 2.16. The second-order valence-electron chi connectivity index (χ2n) is 6.45. The fraction of sp³-hybridized carbons (Fsp3) is 0.182. The second kappa shape index (κ2) is 10.9. The van der Waals surface area contributed by atoms with Gasteiger partial charge in [-0.2, -0.15) is 0 Å². The maximum Gasteiger partial charge on any atom is 0.342 e. The van der Waals surface area contributed by atoms with Crippen molar-refractivity contribution >= 4 is 40.9 Å². The zero-order valence-corrected chi connectivity index (χ0v) is 18.0. The van der Waals surface area contributed by atoms with E-state index in [1.165, 1.54) is 12.1 Å². The summed E-state index contributed by atoms with van der Waals surface area (Å²) in [6.45, 7) is 3.71. The molecule has 31 heavy (non-hydrogen) atoms. The van der Waals surface area contributed by atoms with Crippen LogP contribution in [0.15, 0.2) is 48.5 Å². The van der Waals surface area contributed by atoms with Crippen molar-refractivity contribution in [2.24, 2.45) is 0 Å². The molecule has 0 unspecified atom stereocenters. The molecule has 2 aromatic carbocycles. The number of para-hydroxylation sites is 1. The molecule has 6 N–H and O–H groups in total. The van der Waals surface area contributed by atoms with Gasteiger partial charge in [-0.15, -0.1) is 4.98 Å². The zero-order chi connectivity index (χ0) is 23.0. The standard InChI is InChI=1S/C12H13ClN4.C10H11NO3/c1-2-9-10(11(14)17-12(15)16-9)7-3-5-8(13)6-4-7;1-2-9(12)11-8-6-4-3-5-7(8)10(13)14/h3-6H,2H2,1H3,(H4,14,15,16,17);3-6H,2H2,1H3,(H,11,12)(H,13,14). The number of aromatic amines is 1. The van der Waals surface area contributed by atoms with Gasteiger partial charge in [0.15, 0.2) is 0 Å². The first-order chi connectivity index (χ1) is 14.8. The number of nitrogens with one attached hydrogen (secondary N) is 2. The second-order valence-corrected chi connectivity index (χ2v) is 6.89. The van der Waals surface area contributed by atoms with Crippen molar-refractivity contribution in [1.29, 1.82) is 0 Å². The molecule has 1 aromatic heterocycles. The third-order valence-corrected chi connectivity index (χ3v) is 4.54. The highest BCUT2D eigenvalue weighted by molar-refractivity contribution is 6.30. The third kappa shape index (κ3) is 6.42. The molecule has 3 aromatic rings. The van der Waals surface area contributed by atoms with E-state index in [2.05, 4.69) is 15.3 Å². The van der Waals surface area contributed by atoms with Crippen molar-refractivity contribution in [3.63, 3.8) is 0 Å². The van der Waals surface area contributed by atoms with E-state index in [1.54, 1.807) is 19.1 Å². The van der Waals surface area contributed by atoms with E-state index in [9.17, 15) is 14.7 Å². The number of carbonyl (C=O) groups is 2. The Bertz CT molecular complexity index is 1070. The van der Waals surface area contributed by atoms with Crippen LogP contribution < -0.4 is 26.9 Å². The minimum absolute atomic E-state index is 0.00528. The summed E-state index contributed by atoms with van der Waals surface area (Å²) in [5.41, 5.74) is 14.6. The largest absolute Gasteiger partial charge is 0.545 e. The van der Waals surface area contributed by atoms with Crippen molar-refractivity contribution in [3.8, 4) is 11.1 Å². The molecule has 0 aliphatic heterocycles. The highest BCUT2D eigenvalue weighted by Crippen LogP contribution is 2.27. The van der Waals surface area contributed by atoms with Crippen LogP contribution >= 0.6 is 11.6 Å². The number of benzene rings is 2. The van der Waals surface area contributed by atoms with Gasteiger partial charge in [0.05, 0.1) is 11.5 Å². The van der Waals surface area contributed by atoms with E-state index in [0.717, 1.165) is 23.2 Å². The average molecular weight is 442 g/mol. The number of aromatic nitrogens is 2. The van der Waals surface area contributed by atoms with Crippen molar-refractivity contribution < 1.29 is 19.7 Å². The highest BCUT2D eigenvalue weighted by atomic mass is 35.5. The number of hydrogen-bond acceptors (Lipinski definition) is 6. The van der Waals surface area contributed by atoms with E-state index < -0.39 is 5.97 Å². The first-order valence-corrected chi connectivity index (χ1v) is 9.97. The Kier molecular flexibility index (Phi) is 8.33. The van der Waals surface area contributed by atoms with Crippen molar-refractivity contribution in [1.82, 2.24) is 4.98 Å². The van der Waals surface area contributed by atoms with Gasteiger partial charge in [0.2, 0.25) is 11.7 Å².